The molecule has 8 heteroatoms. The van der Waals surface area contributed by atoms with E-state index in [2.05, 4.69) is 37.5 Å². The van der Waals surface area contributed by atoms with Crippen LogP contribution >= 0.6 is 11.3 Å². The SMILES string of the molecule is CN1/C(=C/c2sc3ccccc3[n+]2CCCS(=O)(=O)O)Oc2ccc(C(C)(C)C)cc21. The Morgan fingerprint density at radius 2 is 1.94 bits per heavy atom. The first-order valence-corrected chi connectivity index (χ1v) is 12.6. The molecule has 164 valence electrons. The van der Waals surface area contributed by atoms with Gasteiger partial charge in [0.05, 0.1) is 17.5 Å². The van der Waals surface area contributed by atoms with Crippen LogP contribution < -0.4 is 14.2 Å². The lowest BCUT2D eigenvalue weighted by atomic mass is 9.87. The highest BCUT2D eigenvalue weighted by Gasteiger charge is 2.28. The smallest absolute Gasteiger partial charge is 0.268 e. The molecule has 0 fully saturated rings. The molecule has 1 aromatic heterocycles. The van der Waals surface area contributed by atoms with Crippen molar-refractivity contribution >= 4 is 43.4 Å². The van der Waals surface area contributed by atoms with E-state index < -0.39 is 10.1 Å². The molecule has 6 nitrogen and oxygen atoms in total. The van der Waals surface area contributed by atoms with Gasteiger partial charge < -0.3 is 9.64 Å². The summed E-state index contributed by atoms with van der Waals surface area (Å²) in [6.07, 6.45) is 2.32. The maximum absolute atomic E-state index is 11.2. The van der Waals surface area contributed by atoms with Crippen LogP contribution in [0.25, 0.3) is 16.3 Å². The fraction of sp³-hybridized carbons (Fsp3) is 0.348. The number of ether oxygens (including phenoxy) is 1. The van der Waals surface area contributed by atoms with Crippen LogP contribution in [0.1, 0.15) is 37.8 Å². The van der Waals surface area contributed by atoms with Gasteiger partial charge in [0.15, 0.2) is 12.3 Å². The van der Waals surface area contributed by atoms with Gasteiger partial charge in [-0.05, 0) is 29.2 Å². The molecule has 0 saturated heterocycles. The summed E-state index contributed by atoms with van der Waals surface area (Å²) in [7, 11) is -2.00. The standard InChI is InChI=1S/C23H26N2O4S2/c1-23(2,3)16-10-11-19-18(14-16)24(4)21(29-19)15-22-25(12-7-13-31(26,27)28)17-8-5-6-9-20(17)30-22/h5-6,8-11,14-15H,7,12-13H2,1-4H3/p+1. The third kappa shape index (κ3) is 4.61. The van der Waals surface area contributed by atoms with Crippen molar-refractivity contribution in [1.29, 1.82) is 0 Å². The number of benzene rings is 2. The van der Waals surface area contributed by atoms with Gasteiger partial charge in [-0.3, -0.25) is 4.55 Å². The Morgan fingerprint density at radius 3 is 2.65 bits per heavy atom. The summed E-state index contributed by atoms with van der Waals surface area (Å²) in [5.74, 6) is 1.27. The lowest BCUT2D eigenvalue weighted by molar-refractivity contribution is -0.668. The topological polar surface area (TPSA) is 70.7 Å². The minimum absolute atomic E-state index is 0.0455. The molecular formula is C23H27N2O4S2+. The number of para-hydroxylation sites is 1. The van der Waals surface area contributed by atoms with Crippen molar-refractivity contribution < 1.29 is 22.3 Å². The number of aromatic nitrogens is 1. The molecular weight excluding hydrogens is 432 g/mol. The largest absolute Gasteiger partial charge is 0.438 e. The summed E-state index contributed by atoms with van der Waals surface area (Å²) < 4.78 is 40.8. The second-order valence-electron chi connectivity index (χ2n) is 8.78. The molecule has 3 aromatic rings. The van der Waals surface area contributed by atoms with Gasteiger partial charge in [0.25, 0.3) is 15.1 Å². The summed E-state index contributed by atoms with van der Waals surface area (Å²) in [5, 5.41) is 0.960. The Morgan fingerprint density at radius 1 is 1.19 bits per heavy atom. The monoisotopic (exact) mass is 459 g/mol. The van der Waals surface area contributed by atoms with Crippen molar-refractivity contribution in [2.75, 3.05) is 17.7 Å². The van der Waals surface area contributed by atoms with E-state index in [1.54, 1.807) is 11.3 Å². The predicted octanol–water partition coefficient (Wildman–Crippen LogP) is 4.59. The molecule has 0 bridgehead atoms. The molecule has 0 saturated carbocycles. The van der Waals surface area contributed by atoms with E-state index in [4.69, 9.17) is 9.29 Å². The zero-order chi connectivity index (χ0) is 22.4. The highest BCUT2D eigenvalue weighted by molar-refractivity contribution is 7.85. The molecule has 1 aliphatic rings. The van der Waals surface area contributed by atoms with Gasteiger partial charge in [0.2, 0.25) is 11.4 Å². The number of nitrogens with zero attached hydrogens (tertiary/aromatic N) is 2. The minimum Gasteiger partial charge on any atom is -0.438 e. The minimum atomic E-state index is -3.99. The second-order valence-corrected chi connectivity index (χ2v) is 11.4. The number of rotatable bonds is 5. The molecule has 0 amide bonds. The van der Waals surface area contributed by atoms with Gasteiger partial charge in [-0.25, -0.2) is 0 Å². The molecule has 1 N–H and O–H groups in total. The van der Waals surface area contributed by atoms with Crippen LogP contribution in [0.2, 0.25) is 0 Å². The highest BCUT2D eigenvalue weighted by Crippen LogP contribution is 2.41. The van der Waals surface area contributed by atoms with Crippen molar-refractivity contribution in [1.82, 2.24) is 0 Å². The molecule has 31 heavy (non-hydrogen) atoms. The van der Waals surface area contributed by atoms with Gasteiger partial charge >= 0.3 is 0 Å². The van der Waals surface area contributed by atoms with E-state index in [1.807, 2.05) is 48.4 Å². The first-order valence-electron chi connectivity index (χ1n) is 10.2. The Hall–Kier alpha value is -2.42. The van der Waals surface area contributed by atoms with E-state index >= 15 is 0 Å². The van der Waals surface area contributed by atoms with Gasteiger partial charge in [-0.15, -0.1) is 0 Å². The Kier molecular flexibility index (Phi) is 5.57. The zero-order valence-electron chi connectivity index (χ0n) is 18.1. The summed E-state index contributed by atoms with van der Waals surface area (Å²) in [5.41, 5.74) is 3.34. The van der Waals surface area contributed by atoms with Crippen molar-refractivity contribution in [3.8, 4) is 5.75 Å². The van der Waals surface area contributed by atoms with Crippen molar-refractivity contribution in [3.05, 3.63) is 58.9 Å². The van der Waals surface area contributed by atoms with Crippen molar-refractivity contribution in [2.45, 2.75) is 39.2 Å². The summed E-state index contributed by atoms with van der Waals surface area (Å²) >= 11 is 1.62. The molecule has 4 rings (SSSR count). The Balaban J connectivity index is 1.69. The highest BCUT2D eigenvalue weighted by atomic mass is 32.2. The second kappa shape index (κ2) is 7.93. The van der Waals surface area contributed by atoms with E-state index in [1.165, 1.54) is 5.56 Å². The van der Waals surface area contributed by atoms with E-state index in [9.17, 15) is 8.42 Å². The molecule has 0 unspecified atom stereocenters. The van der Waals surface area contributed by atoms with Crippen LogP contribution in [-0.4, -0.2) is 25.8 Å². The fourth-order valence-electron chi connectivity index (χ4n) is 3.66. The fourth-order valence-corrected chi connectivity index (χ4v) is 5.27. The van der Waals surface area contributed by atoms with Gasteiger partial charge in [-0.2, -0.15) is 13.0 Å². The lowest BCUT2D eigenvalue weighted by Gasteiger charge is -2.20. The third-order valence-corrected chi connectivity index (χ3v) is 7.32. The van der Waals surface area contributed by atoms with E-state index in [0.717, 1.165) is 32.5 Å². The molecule has 1 aliphatic heterocycles. The van der Waals surface area contributed by atoms with Crippen LogP contribution in [-0.2, 0) is 22.1 Å². The van der Waals surface area contributed by atoms with Gasteiger partial charge in [0.1, 0.15) is 4.70 Å². The molecule has 0 radical (unpaired) electrons. The van der Waals surface area contributed by atoms with Crippen molar-refractivity contribution in [3.63, 3.8) is 0 Å². The number of aryl methyl sites for hydroxylation is 1. The molecule has 2 aromatic carbocycles. The first-order chi connectivity index (χ1) is 14.5. The number of fused-ring (bicyclic) bond motifs is 2. The Labute approximate surface area is 187 Å². The van der Waals surface area contributed by atoms with E-state index in [-0.39, 0.29) is 11.2 Å². The summed E-state index contributed by atoms with van der Waals surface area (Å²) in [4.78, 5) is 2.04. The normalized spacial score (nSPS) is 15.5. The Bertz CT molecular complexity index is 1270. The number of thiazole rings is 1. The first kappa shape index (κ1) is 21.8. The maximum atomic E-state index is 11.2. The van der Waals surface area contributed by atoms with Crippen LogP contribution in [0, 0.1) is 0 Å². The lowest BCUT2D eigenvalue weighted by Crippen LogP contribution is -2.36. The van der Waals surface area contributed by atoms with Crippen LogP contribution in [0.5, 0.6) is 5.75 Å². The van der Waals surface area contributed by atoms with Crippen LogP contribution in [0.15, 0.2) is 48.3 Å². The molecule has 2 heterocycles. The number of hydrogen-bond acceptors (Lipinski definition) is 5. The third-order valence-electron chi connectivity index (χ3n) is 5.40. The maximum Gasteiger partial charge on any atom is 0.268 e. The quantitative estimate of drug-likeness (QED) is 0.446. The summed E-state index contributed by atoms with van der Waals surface area (Å²) in [6, 6.07) is 14.3. The average Bonchev–Trinajstić information content (AvgIpc) is 3.18. The number of hydrogen-bond donors (Lipinski definition) is 1. The zero-order valence-corrected chi connectivity index (χ0v) is 19.8. The summed E-state index contributed by atoms with van der Waals surface area (Å²) in [6.45, 7) is 7.05. The van der Waals surface area contributed by atoms with Gasteiger partial charge in [0, 0.05) is 19.5 Å². The average molecular weight is 460 g/mol. The predicted molar refractivity (Wildman–Crippen MR) is 125 cm³/mol. The number of anilines is 1. The van der Waals surface area contributed by atoms with Crippen LogP contribution in [0.3, 0.4) is 0 Å². The molecule has 0 aliphatic carbocycles. The molecule has 0 spiro atoms. The molecule has 0 atom stereocenters. The van der Waals surface area contributed by atoms with Crippen molar-refractivity contribution in [2.24, 2.45) is 0 Å². The van der Waals surface area contributed by atoms with Crippen LogP contribution in [0.4, 0.5) is 5.69 Å². The van der Waals surface area contributed by atoms with E-state index in [0.29, 0.717) is 13.0 Å². The van der Waals surface area contributed by atoms with Gasteiger partial charge in [-0.1, -0.05) is 50.3 Å².